The maximum absolute atomic E-state index is 11.0. The van der Waals surface area contributed by atoms with Crippen LogP contribution in [-0.4, -0.2) is 20.7 Å². The Labute approximate surface area is 138 Å². The number of nitro groups is 1. The van der Waals surface area contributed by atoms with Gasteiger partial charge in [-0.15, -0.1) is 0 Å². The van der Waals surface area contributed by atoms with Crippen LogP contribution in [0.4, 0.5) is 5.69 Å². The van der Waals surface area contributed by atoms with Gasteiger partial charge in [0.15, 0.2) is 5.16 Å². The molecule has 3 rings (SSSR count). The molecule has 0 radical (unpaired) electrons. The van der Waals surface area contributed by atoms with Crippen molar-refractivity contribution in [2.24, 2.45) is 0 Å². The van der Waals surface area contributed by atoms with Gasteiger partial charge in [-0.2, -0.15) is 0 Å². The molecule has 0 saturated carbocycles. The second-order valence-electron chi connectivity index (χ2n) is 5.06. The normalized spacial score (nSPS) is 10.7. The average molecular weight is 325 g/mol. The Morgan fingerprint density at radius 3 is 2.65 bits per heavy atom. The lowest BCUT2D eigenvalue weighted by atomic mass is 10.1. The number of hydrogen-bond donors (Lipinski definition) is 0. The predicted octanol–water partition coefficient (Wildman–Crippen LogP) is 4.48. The SMILES string of the molecule is CSc1ncc(-c2cccc([N+](=O)[O-])c2)n1-c1ccccc1C. The third-order valence-corrected chi connectivity index (χ3v) is 4.27. The summed E-state index contributed by atoms with van der Waals surface area (Å²) in [6, 6.07) is 14.7. The number of hydrogen-bond acceptors (Lipinski definition) is 4. The molecule has 0 atom stereocenters. The van der Waals surface area contributed by atoms with Gasteiger partial charge in [0.1, 0.15) is 0 Å². The molecule has 0 amide bonds. The van der Waals surface area contributed by atoms with Gasteiger partial charge in [-0.25, -0.2) is 4.98 Å². The molecule has 2 aromatic carbocycles. The molecule has 3 aromatic rings. The molecule has 0 aliphatic carbocycles. The van der Waals surface area contributed by atoms with Crippen molar-refractivity contribution in [2.75, 3.05) is 6.26 Å². The van der Waals surface area contributed by atoms with Crippen molar-refractivity contribution in [3.8, 4) is 16.9 Å². The van der Waals surface area contributed by atoms with E-state index in [1.165, 1.54) is 6.07 Å². The number of rotatable bonds is 4. The first kappa shape index (κ1) is 15.3. The lowest BCUT2D eigenvalue weighted by Crippen LogP contribution is -2.01. The molecule has 0 aliphatic heterocycles. The van der Waals surface area contributed by atoms with Crippen molar-refractivity contribution in [3.05, 3.63) is 70.4 Å². The molecule has 0 spiro atoms. The Bertz CT molecular complexity index is 874. The van der Waals surface area contributed by atoms with E-state index in [9.17, 15) is 10.1 Å². The molecule has 0 N–H and O–H groups in total. The van der Waals surface area contributed by atoms with Gasteiger partial charge in [0.25, 0.3) is 5.69 Å². The van der Waals surface area contributed by atoms with Gasteiger partial charge in [0, 0.05) is 17.7 Å². The number of thioether (sulfide) groups is 1. The zero-order valence-electron chi connectivity index (χ0n) is 12.8. The van der Waals surface area contributed by atoms with Crippen LogP contribution in [0, 0.1) is 17.0 Å². The van der Waals surface area contributed by atoms with Crippen LogP contribution in [0.15, 0.2) is 59.9 Å². The van der Waals surface area contributed by atoms with E-state index in [-0.39, 0.29) is 10.6 Å². The van der Waals surface area contributed by atoms with Gasteiger partial charge in [-0.05, 0) is 24.8 Å². The van der Waals surface area contributed by atoms with Gasteiger partial charge in [0.2, 0.25) is 0 Å². The molecule has 5 nitrogen and oxygen atoms in total. The molecule has 0 unspecified atom stereocenters. The van der Waals surface area contributed by atoms with Crippen molar-refractivity contribution in [1.82, 2.24) is 9.55 Å². The van der Waals surface area contributed by atoms with Crippen LogP contribution < -0.4 is 0 Å². The Balaban J connectivity index is 2.22. The van der Waals surface area contributed by atoms with Gasteiger partial charge in [-0.1, -0.05) is 42.1 Å². The second kappa shape index (κ2) is 6.26. The van der Waals surface area contributed by atoms with Gasteiger partial charge >= 0.3 is 0 Å². The molecule has 0 bridgehead atoms. The Morgan fingerprint density at radius 2 is 1.96 bits per heavy atom. The highest BCUT2D eigenvalue weighted by Gasteiger charge is 2.16. The quantitative estimate of drug-likeness (QED) is 0.403. The van der Waals surface area contributed by atoms with E-state index in [4.69, 9.17) is 0 Å². The highest BCUT2D eigenvalue weighted by molar-refractivity contribution is 7.98. The first-order chi connectivity index (χ1) is 11.1. The van der Waals surface area contributed by atoms with E-state index in [0.717, 1.165) is 27.7 Å². The molecular weight excluding hydrogens is 310 g/mol. The fraction of sp³-hybridized carbons (Fsp3) is 0.118. The van der Waals surface area contributed by atoms with Crippen molar-refractivity contribution in [2.45, 2.75) is 12.1 Å². The summed E-state index contributed by atoms with van der Waals surface area (Å²) < 4.78 is 2.04. The zero-order chi connectivity index (χ0) is 16.4. The molecule has 6 heteroatoms. The van der Waals surface area contributed by atoms with E-state index in [1.54, 1.807) is 30.1 Å². The van der Waals surface area contributed by atoms with Gasteiger partial charge in [0.05, 0.1) is 22.5 Å². The minimum Gasteiger partial charge on any atom is -0.287 e. The maximum atomic E-state index is 11.0. The van der Waals surface area contributed by atoms with E-state index in [0.29, 0.717) is 0 Å². The maximum Gasteiger partial charge on any atom is 0.270 e. The fourth-order valence-corrected chi connectivity index (χ4v) is 3.05. The number of aromatic nitrogens is 2. The Hall–Kier alpha value is -2.60. The molecule has 1 heterocycles. The minimum atomic E-state index is -0.381. The average Bonchev–Trinajstić information content (AvgIpc) is 2.99. The lowest BCUT2D eigenvalue weighted by Gasteiger charge is -2.13. The monoisotopic (exact) mass is 325 g/mol. The number of nitro benzene ring substituents is 1. The fourth-order valence-electron chi connectivity index (χ4n) is 2.51. The van der Waals surface area contributed by atoms with Gasteiger partial charge < -0.3 is 0 Å². The summed E-state index contributed by atoms with van der Waals surface area (Å²) in [4.78, 5) is 15.1. The number of non-ortho nitro benzene ring substituents is 1. The summed E-state index contributed by atoms with van der Waals surface area (Å²) in [5.74, 6) is 0. The third kappa shape index (κ3) is 2.85. The number of imidazole rings is 1. The van der Waals surface area contributed by atoms with Crippen molar-refractivity contribution in [1.29, 1.82) is 0 Å². The van der Waals surface area contributed by atoms with Crippen LogP contribution in [0.3, 0.4) is 0 Å². The van der Waals surface area contributed by atoms with Crippen LogP contribution in [-0.2, 0) is 0 Å². The van der Waals surface area contributed by atoms with Crippen molar-refractivity contribution < 1.29 is 4.92 Å². The summed E-state index contributed by atoms with van der Waals surface area (Å²) in [5.41, 5.74) is 3.83. The van der Waals surface area contributed by atoms with E-state index in [2.05, 4.69) is 4.98 Å². The standard InChI is InChI=1S/C17H15N3O2S/c1-12-6-3-4-9-15(12)19-16(11-18-17(19)23-2)13-7-5-8-14(10-13)20(21)22/h3-11H,1-2H3. The van der Waals surface area contributed by atoms with Crippen molar-refractivity contribution >= 4 is 17.4 Å². The highest BCUT2D eigenvalue weighted by Crippen LogP contribution is 2.31. The number of benzene rings is 2. The van der Waals surface area contributed by atoms with Crippen LogP contribution in [0.2, 0.25) is 0 Å². The summed E-state index contributed by atoms with van der Waals surface area (Å²) in [7, 11) is 0. The molecule has 23 heavy (non-hydrogen) atoms. The first-order valence-electron chi connectivity index (χ1n) is 7.04. The van der Waals surface area contributed by atoms with Crippen molar-refractivity contribution in [3.63, 3.8) is 0 Å². The summed E-state index contributed by atoms with van der Waals surface area (Å²) in [6.45, 7) is 2.04. The number of nitrogens with zero attached hydrogens (tertiary/aromatic N) is 3. The molecule has 0 aliphatic rings. The largest absolute Gasteiger partial charge is 0.287 e. The van der Waals surface area contributed by atoms with Gasteiger partial charge in [-0.3, -0.25) is 14.7 Å². The Kier molecular flexibility index (Phi) is 4.16. The number of aryl methyl sites for hydroxylation is 1. The first-order valence-corrected chi connectivity index (χ1v) is 8.27. The minimum absolute atomic E-state index is 0.0748. The lowest BCUT2D eigenvalue weighted by molar-refractivity contribution is -0.384. The molecule has 116 valence electrons. The topological polar surface area (TPSA) is 61.0 Å². The van der Waals surface area contributed by atoms with Crippen LogP contribution >= 0.6 is 11.8 Å². The summed E-state index contributed by atoms with van der Waals surface area (Å²) in [6.07, 6.45) is 3.73. The molecule has 1 aromatic heterocycles. The Morgan fingerprint density at radius 1 is 1.17 bits per heavy atom. The van der Waals surface area contributed by atoms with Crippen LogP contribution in [0.25, 0.3) is 16.9 Å². The zero-order valence-corrected chi connectivity index (χ0v) is 13.6. The summed E-state index contributed by atoms with van der Waals surface area (Å²) >= 11 is 1.54. The predicted molar refractivity (Wildman–Crippen MR) is 92.2 cm³/mol. The van der Waals surface area contributed by atoms with E-state index in [1.807, 2.05) is 48.1 Å². The number of para-hydroxylation sites is 1. The molecule has 0 fully saturated rings. The van der Waals surface area contributed by atoms with E-state index >= 15 is 0 Å². The molecule has 0 saturated heterocycles. The van der Waals surface area contributed by atoms with Crippen LogP contribution in [0.1, 0.15) is 5.56 Å². The molecular formula is C17H15N3O2S. The van der Waals surface area contributed by atoms with E-state index < -0.39 is 0 Å². The smallest absolute Gasteiger partial charge is 0.270 e. The van der Waals surface area contributed by atoms with Crippen LogP contribution in [0.5, 0.6) is 0 Å². The second-order valence-corrected chi connectivity index (χ2v) is 5.83. The highest BCUT2D eigenvalue weighted by atomic mass is 32.2. The third-order valence-electron chi connectivity index (χ3n) is 3.62. The summed E-state index contributed by atoms with van der Waals surface area (Å²) in [5, 5.41) is 11.9.